The van der Waals surface area contributed by atoms with Crippen molar-refractivity contribution in [1.29, 1.82) is 0 Å². The zero-order valence-corrected chi connectivity index (χ0v) is 13.2. The molecule has 1 saturated heterocycles. The van der Waals surface area contributed by atoms with Crippen LogP contribution in [0.2, 0.25) is 5.02 Å². The predicted molar refractivity (Wildman–Crippen MR) is 86.0 cm³/mol. The molecule has 0 unspecified atom stereocenters. The first-order valence-corrected chi connectivity index (χ1v) is 7.78. The van der Waals surface area contributed by atoms with E-state index in [4.69, 9.17) is 11.6 Å². The van der Waals surface area contributed by atoms with Crippen LogP contribution in [-0.4, -0.2) is 40.7 Å². The minimum Gasteiger partial charge on any atom is -0.361 e. The van der Waals surface area contributed by atoms with Crippen molar-refractivity contribution in [2.24, 2.45) is 0 Å². The van der Waals surface area contributed by atoms with E-state index in [0.29, 0.717) is 5.02 Å². The Morgan fingerprint density at radius 2 is 2.00 bits per heavy atom. The maximum absolute atomic E-state index is 12.0. The van der Waals surface area contributed by atoms with Crippen molar-refractivity contribution >= 4 is 40.2 Å². The molecule has 2 N–H and O–H groups in total. The molecule has 0 saturated carbocycles. The second kappa shape index (κ2) is 6.42. The monoisotopic (exact) mass is 333 g/mol. The predicted octanol–water partition coefficient (Wildman–Crippen LogP) is 1.63. The molecule has 1 aliphatic heterocycles. The minimum absolute atomic E-state index is 0.153. The minimum atomic E-state index is -0.169. The highest BCUT2D eigenvalue weighted by Crippen LogP contribution is 2.22. The van der Waals surface area contributed by atoms with Gasteiger partial charge in [-0.05, 0) is 17.7 Å². The van der Waals surface area contributed by atoms with Crippen LogP contribution in [0.1, 0.15) is 18.4 Å². The van der Waals surface area contributed by atoms with Gasteiger partial charge < -0.3 is 10.3 Å². The molecular formula is C16H16ClN3O3. The summed E-state index contributed by atoms with van der Waals surface area (Å²) in [5, 5.41) is 4.33. The molecule has 0 bridgehead atoms. The zero-order valence-electron chi connectivity index (χ0n) is 12.4. The number of amides is 3. The lowest BCUT2D eigenvalue weighted by molar-refractivity contribution is -0.138. The van der Waals surface area contributed by atoms with Crippen LogP contribution >= 0.6 is 11.6 Å². The Morgan fingerprint density at radius 3 is 2.74 bits per heavy atom. The Morgan fingerprint density at radius 1 is 1.26 bits per heavy atom. The topological polar surface area (TPSA) is 82.3 Å². The Balaban J connectivity index is 1.54. The number of aromatic nitrogens is 1. The van der Waals surface area contributed by atoms with Gasteiger partial charge in [-0.3, -0.25) is 19.3 Å². The molecule has 0 spiro atoms. The lowest BCUT2D eigenvalue weighted by Gasteiger charge is -2.13. The summed E-state index contributed by atoms with van der Waals surface area (Å²) < 4.78 is 0. The number of benzene rings is 1. The van der Waals surface area contributed by atoms with E-state index < -0.39 is 0 Å². The largest absolute Gasteiger partial charge is 0.361 e. The van der Waals surface area contributed by atoms with Gasteiger partial charge in [-0.15, -0.1) is 0 Å². The number of nitrogens with one attached hydrogen (secondary N) is 2. The van der Waals surface area contributed by atoms with Crippen molar-refractivity contribution in [3.8, 4) is 0 Å². The molecule has 2 aromatic rings. The Bertz CT molecular complexity index is 768. The van der Waals surface area contributed by atoms with Gasteiger partial charge in [0.2, 0.25) is 17.7 Å². The molecule has 120 valence electrons. The molecule has 1 aromatic heterocycles. The Hall–Kier alpha value is -2.34. The lowest BCUT2D eigenvalue weighted by Crippen LogP contribution is -2.38. The fourth-order valence-corrected chi connectivity index (χ4v) is 2.89. The summed E-state index contributed by atoms with van der Waals surface area (Å²) in [6, 6.07) is 5.46. The van der Waals surface area contributed by atoms with E-state index in [0.717, 1.165) is 16.5 Å². The maximum atomic E-state index is 12.0. The van der Waals surface area contributed by atoms with Crippen molar-refractivity contribution in [3.63, 3.8) is 0 Å². The number of imide groups is 1. The fourth-order valence-electron chi connectivity index (χ4n) is 2.72. The molecule has 1 fully saturated rings. The van der Waals surface area contributed by atoms with Crippen molar-refractivity contribution in [2.45, 2.75) is 19.3 Å². The summed E-state index contributed by atoms with van der Waals surface area (Å²) in [5.41, 5.74) is 1.76. The smallest absolute Gasteiger partial charge is 0.229 e. The number of carbonyl (C=O) groups excluding carboxylic acids is 3. The maximum Gasteiger partial charge on any atom is 0.229 e. The van der Waals surface area contributed by atoms with Crippen LogP contribution in [0, 0.1) is 0 Å². The molecule has 1 aromatic carbocycles. The Labute approximate surface area is 137 Å². The van der Waals surface area contributed by atoms with Gasteiger partial charge in [0.05, 0.1) is 6.42 Å². The van der Waals surface area contributed by atoms with Gasteiger partial charge in [-0.25, -0.2) is 0 Å². The van der Waals surface area contributed by atoms with Crippen LogP contribution in [0.4, 0.5) is 0 Å². The normalized spacial score (nSPS) is 14.7. The third kappa shape index (κ3) is 3.37. The molecule has 0 atom stereocenters. The lowest BCUT2D eigenvalue weighted by atomic mass is 10.1. The molecular weight excluding hydrogens is 318 g/mol. The molecule has 1 aliphatic rings. The highest BCUT2D eigenvalue weighted by Gasteiger charge is 2.28. The summed E-state index contributed by atoms with van der Waals surface area (Å²) in [4.78, 5) is 39.2. The first-order chi connectivity index (χ1) is 11.0. The number of aromatic amines is 1. The summed E-state index contributed by atoms with van der Waals surface area (Å²) in [5.74, 6) is -0.490. The van der Waals surface area contributed by atoms with Crippen LogP contribution in [0.25, 0.3) is 10.9 Å². The molecule has 3 rings (SSSR count). The third-order valence-electron chi connectivity index (χ3n) is 3.89. The van der Waals surface area contributed by atoms with Crippen LogP contribution < -0.4 is 5.32 Å². The standard InChI is InChI=1S/C16H16ClN3O3/c17-11-1-2-12-10(9-19-13(12)8-11)7-14(21)18-5-6-20-15(22)3-4-16(20)23/h1-2,8-9,19H,3-7H2,(H,18,21). The second-order valence-electron chi connectivity index (χ2n) is 5.47. The van der Waals surface area contributed by atoms with Gasteiger partial charge in [-0.2, -0.15) is 0 Å². The highest BCUT2D eigenvalue weighted by atomic mass is 35.5. The van der Waals surface area contributed by atoms with Crippen LogP contribution in [0.5, 0.6) is 0 Å². The molecule has 7 heteroatoms. The van der Waals surface area contributed by atoms with E-state index in [-0.39, 0.29) is 50.1 Å². The van der Waals surface area contributed by atoms with Crippen LogP contribution in [0.15, 0.2) is 24.4 Å². The van der Waals surface area contributed by atoms with E-state index in [1.165, 1.54) is 4.90 Å². The number of nitrogens with zero attached hydrogens (tertiary/aromatic N) is 1. The molecule has 2 heterocycles. The zero-order chi connectivity index (χ0) is 16.4. The fraction of sp³-hybridized carbons (Fsp3) is 0.312. The molecule has 0 aliphatic carbocycles. The van der Waals surface area contributed by atoms with Crippen LogP contribution in [0.3, 0.4) is 0 Å². The third-order valence-corrected chi connectivity index (χ3v) is 4.13. The van der Waals surface area contributed by atoms with E-state index in [1.54, 1.807) is 12.3 Å². The summed E-state index contributed by atoms with van der Waals surface area (Å²) in [6.07, 6.45) is 2.55. The average molecular weight is 334 g/mol. The van der Waals surface area contributed by atoms with E-state index in [9.17, 15) is 14.4 Å². The quantitative estimate of drug-likeness (QED) is 0.816. The van der Waals surface area contributed by atoms with Crippen molar-refractivity contribution < 1.29 is 14.4 Å². The number of carbonyl (C=O) groups is 3. The summed E-state index contributed by atoms with van der Waals surface area (Å²) in [7, 11) is 0. The van der Waals surface area contributed by atoms with Gasteiger partial charge in [0.1, 0.15) is 0 Å². The first-order valence-electron chi connectivity index (χ1n) is 7.40. The van der Waals surface area contributed by atoms with Gasteiger partial charge in [-0.1, -0.05) is 17.7 Å². The van der Waals surface area contributed by atoms with Gasteiger partial charge >= 0.3 is 0 Å². The van der Waals surface area contributed by atoms with Crippen molar-refractivity contribution in [1.82, 2.24) is 15.2 Å². The van der Waals surface area contributed by atoms with E-state index >= 15 is 0 Å². The van der Waals surface area contributed by atoms with Crippen molar-refractivity contribution in [3.05, 3.63) is 35.0 Å². The summed E-state index contributed by atoms with van der Waals surface area (Å²) >= 11 is 5.93. The number of halogens is 1. The van der Waals surface area contributed by atoms with Crippen molar-refractivity contribution in [2.75, 3.05) is 13.1 Å². The first kappa shape index (κ1) is 15.6. The number of hydrogen-bond donors (Lipinski definition) is 2. The van der Waals surface area contributed by atoms with E-state index in [2.05, 4.69) is 10.3 Å². The Kier molecular flexibility index (Phi) is 4.34. The number of H-pyrrole nitrogens is 1. The van der Waals surface area contributed by atoms with Gasteiger partial charge in [0, 0.05) is 48.1 Å². The number of rotatable bonds is 5. The summed E-state index contributed by atoms with van der Waals surface area (Å²) in [6.45, 7) is 0.497. The number of likely N-dealkylation sites (tertiary alicyclic amines) is 1. The second-order valence-corrected chi connectivity index (χ2v) is 5.91. The van der Waals surface area contributed by atoms with E-state index in [1.807, 2.05) is 12.1 Å². The average Bonchev–Trinajstić information content (AvgIpc) is 3.04. The SMILES string of the molecule is O=C(Cc1c[nH]c2cc(Cl)ccc12)NCCN1C(=O)CCC1=O. The molecule has 0 radical (unpaired) electrons. The number of hydrogen-bond acceptors (Lipinski definition) is 3. The highest BCUT2D eigenvalue weighted by molar-refractivity contribution is 6.31. The number of fused-ring (bicyclic) bond motifs is 1. The van der Waals surface area contributed by atoms with Gasteiger partial charge in [0.25, 0.3) is 0 Å². The van der Waals surface area contributed by atoms with Crippen LogP contribution in [-0.2, 0) is 20.8 Å². The molecule has 6 nitrogen and oxygen atoms in total. The molecule has 3 amide bonds. The van der Waals surface area contributed by atoms with Gasteiger partial charge in [0.15, 0.2) is 0 Å². The molecule has 23 heavy (non-hydrogen) atoms.